The third-order valence-corrected chi connectivity index (χ3v) is 4.29. The second-order valence-electron chi connectivity index (χ2n) is 6.34. The highest BCUT2D eigenvalue weighted by Gasteiger charge is 2.04. The summed E-state index contributed by atoms with van der Waals surface area (Å²) in [5.41, 5.74) is 2.74. The molecule has 0 aromatic heterocycles. The molecule has 0 bridgehead atoms. The van der Waals surface area contributed by atoms with E-state index in [4.69, 9.17) is 4.74 Å². The van der Waals surface area contributed by atoms with Crippen LogP contribution in [0.5, 0.6) is 0 Å². The Morgan fingerprint density at radius 3 is 2.36 bits per heavy atom. The van der Waals surface area contributed by atoms with E-state index >= 15 is 0 Å². The van der Waals surface area contributed by atoms with Gasteiger partial charge >= 0.3 is 5.97 Å². The third kappa shape index (κ3) is 11.6. The summed E-state index contributed by atoms with van der Waals surface area (Å²) >= 11 is 0. The maximum Gasteiger partial charge on any atom is 0.306 e. The lowest BCUT2D eigenvalue weighted by molar-refractivity contribution is -0.142. The van der Waals surface area contributed by atoms with E-state index in [-0.39, 0.29) is 5.97 Å². The lowest BCUT2D eigenvalue weighted by Crippen LogP contribution is -2.05. The summed E-state index contributed by atoms with van der Waals surface area (Å²) in [6, 6.07) is 0. The van der Waals surface area contributed by atoms with Gasteiger partial charge in [-0.3, -0.25) is 4.79 Å². The van der Waals surface area contributed by atoms with E-state index in [2.05, 4.69) is 46.8 Å². The minimum atomic E-state index is -0.0603. The van der Waals surface area contributed by atoms with Crippen molar-refractivity contribution in [2.24, 2.45) is 5.92 Å². The molecular weight excluding hydrogens is 272 g/mol. The summed E-state index contributed by atoms with van der Waals surface area (Å²) < 4.78 is 5.29. The van der Waals surface area contributed by atoms with Crippen LogP contribution in [0.25, 0.3) is 0 Å². The van der Waals surface area contributed by atoms with Gasteiger partial charge in [0, 0.05) is 6.42 Å². The molecule has 0 aliphatic carbocycles. The largest absolute Gasteiger partial charge is 0.461 e. The minimum Gasteiger partial charge on any atom is -0.461 e. The molecule has 0 aliphatic heterocycles. The van der Waals surface area contributed by atoms with Crippen LogP contribution in [0.1, 0.15) is 86.0 Å². The van der Waals surface area contributed by atoms with Crippen molar-refractivity contribution in [3.05, 3.63) is 23.3 Å². The van der Waals surface area contributed by atoms with Gasteiger partial charge < -0.3 is 4.74 Å². The standard InChI is InChI=1S/C20H36O2/c1-6-8-9-10-11-12-20(21)22-16-15-19(5)18(4)14-13-17(3)7-2/h13,15,18H,6-12,14,16H2,1-5H3/b17-13+,19-15+/t18-/m0/s1. The van der Waals surface area contributed by atoms with Crippen LogP contribution in [-0.4, -0.2) is 12.6 Å². The zero-order chi connectivity index (χ0) is 16.8. The van der Waals surface area contributed by atoms with Gasteiger partial charge in [-0.1, -0.05) is 63.7 Å². The number of esters is 1. The van der Waals surface area contributed by atoms with Crippen LogP contribution in [0, 0.1) is 5.92 Å². The van der Waals surface area contributed by atoms with Crippen molar-refractivity contribution in [3.8, 4) is 0 Å². The van der Waals surface area contributed by atoms with Crippen molar-refractivity contribution >= 4 is 5.97 Å². The molecule has 0 N–H and O–H groups in total. The van der Waals surface area contributed by atoms with Crippen molar-refractivity contribution in [1.29, 1.82) is 0 Å². The molecule has 0 aromatic rings. The van der Waals surface area contributed by atoms with Crippen LogP contribution in [0.15, 0.2) is 23.3 Å². The van der Waals surface area contributed by atoms with Crippen LogP contribution in [0.3, 0.4) is 0 Å². The quantitative estimate of drug-likeness (QED) is 0.243. The summed E-state index contributed by atoms with van der Waals surface area (Å²) in [6.45, 7) is 11.3. The molecule has 0 unspecified atom stereocenters. The topological polar surface area (TPSA) is 26.3 Å². The van der Waals surface area contributed by atoms with Gasteiger partial charge in [-0.2, -0.15) is 0 Å². The smallest absolute Gasteiger partial charge is 0.306 e. The summed E-state index contributed by atoms with van der Waals surface area (Å²) in [6.07, 6.45) is 12.9. The monoisotopic (exact) mass is 308 g/mol. The predicted molar refractivity (Wildman–Crippen MR) is 95.9 cm³/mol. The maximum atomic E-state index is 11.6. The molecule has 0 aliphatic rings. The number of hydrogen-bond donors (Lipinski definition) is 0. The van der Waals surface area contributed by atoms with Crippen LogP contribution >= 0.6 is 0 Å². The number of hydrogen-bond acceptors (Lipinski definition) is 2. The Balaban J connectivity index is 3.87. The summed E-state index contributed by atoms with van der Waals surface area (Å²) in [4.78, 5) is 11.6. The normalized spacial score (nSPS) is 14.0. The van der Waals surface area contributed by atoms with Crippen molar-refractivity contribution < 1.29 is 9.53 Å². The molecule has 0 aromatic carbocycles. The molecule has 128 valence electrons. The molecule has 0 spiro atoms. The third-order valence-electron chi connectivity index (χ3n) is 4.29. The number of allylic oxidation sites excluding steroid dienone is 3. The molecule has 0 rings (SSSR count). The zero-order valence-electron chi connectivity index (χ0n) is 15.4. The number of carbonyl (C=O) groups is 1. The van der Waals surface area contributed by atoms with Crippen molar-refractivity contribution in [2.75, 3.05) is 6.61 Å². The van der Waals surface area contributed by atoms with Crippen molar-refractivity contribution in [1.82, 2.24) is 0 Å². The fourth-order valence-corrected chi connectivity index (χ4v) is 2.12. The Kier molecular flexibility index (Phi) is 13.0. The van der Waals surface area contributed by atoms with E-state index in [0.29, 0.717) is 18.9 Å². The molecule has 0 radical (unpaired) electrons. The fraction of sp³-hybridized carbons (Fsp3) is 0.750. The molecule has 0 saturated carbocycles. The van der Waals surface area contributed by atoms with Crippen molar-refractivity contribution in [2.45, 2.75) is 86.0 Å². The highest BCUT2D eigenvalue weighted by Crippen LogP contribution is 2.16. The Hall–Kier alpha value is -1.05. The zero-order valence-corrected chi connectivity index (χ0v) is 15.4. The van der Waals surface area contributed by atoms with Crippen LogP contribution < -0.4 is 0 Å². The van der Waals surface area contributed by atoms with Crippen LogP contribution in [0.4, 0.5) is 0 Å². The van der Waals surface area contributed by atoms with Crippen LogP contribution in [0.2, 0.25) is 0 Å². The van der Waals surface area contributed by atoms with E-state index in [0.717, 1.165) is 25.7 Å². The highest BCUT2D eigenvalue weighted by atomic mass is 16.5. The predicted octanol–water partition coefficient (Wildman–Crippen LogP) is 6.22. The fourth-order valence-electron chi connectivity index (χ4n) is 2.12. The number of unbranched alkanes of at least 4 members (excludes halogenated alkanes) is 4. The van der Waals surface area contributed by atoms with Crippen molar-refractivity contribution in [3.63, 3.8) is 0 Å². The first kappa shape index (κ1) is 20.9. The SMILES string of the molecule is CCCCCCCC(=O)OC/C=C(\C)[C@@H](C)C/C=C(\C)CC. The average Bonchev–Trinajstić information content (AvgIpc) is 2.51. The Morgan fingerprint density at radius 2 is 1.73 bits per heavy atom. The highest BCUT2D eigenvalue weighted by molar-refractivity contribution is 5.69. The van der Waals surface area contributed by atoms with E-state index in [1.54, 1.807) is 0 Å². The summed E-state index contributed by atoms with van der Waals surface area (Å²) in [7, 11) is 0. The van der Waals surface area contributed by atoms with Gasteiger partial charge in [0.05, 0.1) is 0 Å². The molecule has 0 fully saturated rings. The summed E-state index contributed by atoms with van der Waals surface area (Å²) in [5.74, 6) is 0.448. The molecular formula is C20H36O2. The number of rotatable bonds is 12. The van der Waals surface area contributed by atoms with Gasteiger partial charge in [0.1, 0.15) is 6.61 Å². The second-order valence-corrected chi connectivity index (χ2v) is 6.34. The molecule has 0 heterocycles. The van der Waals surface area contributed by atoms with E-state index in [9.17, 15) is 4.79 Å². The van der Waals surface area contributed by atoms with Gasteiger partial charge in [0.25, 0.3) is 0 Å². The first-order chi connectivity index (χ1) is 10.5. The first-order valence-electron chi connectivity index (χ1n) is 8.99. The molecule has 2 heteroatoms. The molecule has 22 heavy (non-hydrogen) atoms. The van der Waals surface area contributed by atoms with E-state index in [1.807, 2.05) is 0 Å². The van der Waals surface area contributed by atoms with E-state index < -0.39 is 0 Å². The van der Waals surface area contributed by atoms with Gasteiger partial charge in [0.2, 0.25) is 0 Å². The van der Waals surface area contributed by atoms with Gasteiger partial charge in [0.15, 0.2) is 0 Å². The van der Waals surface area contributed by atoms with Gasteiger partial charge in [-0.25, -0.2) is 0 Å². The lowest BCUT2D eigenvalue weighted by Gasteiger charge is -2.11. The lowest BCUT2D eigenvalue weighted by atomic mass is 9.97. The minimum absolute atomic E-state index is 0.0603. The second kappa shape index (κ2) is 13.6. The molecule has 1 atom stereocenters. The van der Waals surface area contributed by atoms with Gasteiger partial charge in [-0.05, 0) is 45.1 Å². The summed E-state index contributed by atoms with van der Waals surface area (Å²) in [5, 5.41) is 0. The molecule has 0 amide bonds. The average molecular weight is 309 g/mol. The molecule has 0 saturated heterocycles. The first-order valence-corrected chi connectivity index (χ1v) is 8.99. The Labute approximate surface area is 138 Å². The number of ether oxygens (including phenoxy) is 1. The maximum absolute atomic E-state index is 11.6. The number of carbonyl (C=O) groups excluding carboxylic acids is 1. The van der Waals surface area contributed by atoms with E-state index in [1.165, 1.54) is 30.4 Å². The Morgan fingerprint density at radius 1 is 1.05 bits per heavy atom. The van der Waals surface area contributed by atoms with Crippen LogP contribution in [-0.2, 0) is 9.53 Å². The Bertz CT molecular complexity index is 353. The van der Waals surface area contributed by atoms with Gasteiger partial charge in [-0.15, -0.1) is 0 Å². The molecule has 2 nitrogen and oxygen atoms in total.